The van der Waals surface area contributed by atoms with Gasteiger partial charge >= 0.3 is 0 Å². The Morgan fingerprint density at radius 1 is 1.33 bits per heavy atom. The van der Waals surface area contributed by atoms with E-state index in [1.54, 1.807) is 25.2 Å². The topological polar surface area (TPSA) is 36.1 Å². The summed E-state index contributed by atoms with van der Waals surface area (Å²) in [5.41, 5.74) is 2.90. The van der Waals surface area contributed by atoms with Crippen LogP contribution in [0.3, 0.4) is 0 Å². The number of H-pyrrole nitrogens is 1. The molecular formula is C12H14N2O. The number of amides is 1. The van der Waals surface area contributed by atoms with Gasteiger partial charge in [0, 0.05) is 31.2 Å². The molecular weight excluding hydrogens is 188 g/mol. The molecule has 0 spiro atoms. The summed E-state index contributed by atoms with van der Waals surface area (Å²) in [7, 11) is 3.52. The first kappa shape index (κ1) is 9.77. The number of carbonyl (C=O) groups excluding carboxylic acids is 1. The number of rotatable bonds is 1. The fourth-order valence-electron chi connectivity index (χ4n) is 1.65. The SMILES string of the molecule is Cc1ccc2[nH]cc(C(=O)N(C)C)c2c1. The number of aryl methyl sites for hydroxylation is 1. The molecule has 1 N–H and O–H groups in total. The lowest BCUT2D eigenvalue weighted by Crippen LogP contribution is -2.21. The van der Waals surface area contributed by atoms with E-state index in [1.165, 1.54) is 0 Å². The molecule has 78 valence electrons. The van der Waals surface area contributed by atoms with Gasteiger partial charge in [0.25, 0.3) is 5.91 Å². The maximum absolute atomic E-state index is 11.8. The summed E-state index contributed by atoms with van der Waals surface area (Å²) in [5.74, 6) is 0.0341. The molecule has 1 amide bonds. The molecule has 2 aromatic rings. The molecule has 0 aliphatic carbocycles. The summed E-state index contributed by atoms with van der Waals surface area (Å²) in [4.78, 5) is 16.5. The van der Waals surface area contributed by atoms with E-state index in [0.29, 0.717) is 0 Å². The highest BCUT2D eigenvalue weighted by molar-refractivity contribution is 6.06. The van der Waals surface area contributed by atoms with Crippen molar-refractivity contribution in [2.24, 2.45) is 0 Å². The number of nitrogens with zero attached hydrogens (tertiary/aromatic N) is 1. The summed E-state index contributed by atoms with van der Waals surface area (Å²) in [6.07, 6.45) is 1.77. The van der Waals surface area contributed by atoms with Gasteiger partial charge in [-0.2, -0.15) is 0 Å². The van der Waals surface area contributed by atoms with Gasteiger partial charge in [-0.25, -0.2) is 0 Å². The zero-order valence-corrected chi connectivity index (χ0v) is 9.16. The van der Waals surface area contributed by atoms with Crippen molar-refractivity contribution in [1.82, 2.24) is 9.88 Å². The van der Waals surface area contributed by atoms with E-state index in [1.807, 2.05) is 25.1 Å². The fourth-order valence-corrected chi connectivity index (χ4v) is 1.65. The van der Waals surface area contributed by atoms with Crippen molar-refractivity contribution >= 4 is 16.8 Å². The smallest absolute Gasteiger partial charge is 0.255 e. The summed E-state index contributed by atoms with van der Waals surface area (Å²) in [6, 6.07) is 6.06. The van der Waals surface area contributed by atoms with Crippen LogP contribution in [0.25, 0.3) is 10.9 Å². The van der Waals surface area contributed by atoms with Crippen LogP contribution in [0.15, 0.2) is 24.4 Å². The molecule has 1 aromatic carbocycles. The zero-order chi connectivity index (χ0) is 11.0. The predicted octanol–water partition coefficient (Wildman–Crippen LogP) is 2.18. The number of aromatic nitrogens is 1. The van der Waals surface area contributed by atoms with Crippen LogP contribution in [-0.2, 0) is 0 Å². The largest absolute Gasteiger partial charge is 0.360 e. The van der Waals surface area contributed by atoms with Crippen molar-refractivity contribution < 1.29 is 4.79 Å². The van der Waals surface area contributed by atoms with Gasteiger partial charge in [-0.1, -0.05) is 11.6 Å². The number of hydrogen-bond donors (Lipinski definition) is 1. The minimum Gasteiger partial charge on any atom is -0.360 e. The van der Waals surface area contributed by atoms with Crippen molar-refractivity contribution in [2.75, 3.05) is 14.1 Å². The molecule has 0 atom stereocenters. The minimum absolute atomic E-state index is 0.0341. The van der Waals surface area contributed by atoms with E-state index in [4.69, 9.17) is 0 Å². The van der Waals surface area contributed by atoms with Gasteiger partial charge in [-0.3, -0.25) is 4.79 Å². The number of fused-ring (bicyclic) bond motifs is 1. The number of benzene rings is 1. The van der Waals surface area contributed by atoms with Gasteiger partial charge in [0.05, 0.1) is 5.56 Å². The molecule has 0 bridgehead atoms. The lowest BCUT2D eigenvalue weighted by atomic mass is 10.1. The Hall–Kier alpha value is -1.77. The third kappa shape index (κ3) is 1.61. The highest BCUT2D eigenvalue weighted by atomic mass is 16.2. The number of aromatic amines is 1. The van der Waals surface area contributed by atoms with E-state index in [2.05, 4.69) is 4.98 Å². The van der Waals surface area contributed by atoms with Crippen LogP contribution in [0.1, 0.15) is 15.9 Å². The first-order valence-electron chi connectivity index (χ1n) is 4.89. The second kappa shape index (κ2) is 3.42. The second-order valence-corrected chi connectivity index (χ2v) is 3.95. The highest BCUT2D eigenvalue weighted by Gasteiger charge is 2.13. The van der Waals surface area contributed by atoms with Gasteiger partial charge in [-0.15, -0.1) is 0 Å². The Balaban J connectivity index is 2.62. The molecule has 3 heteroatoms. The molecule has 0 saturated heterocycles. The van der Waals surface area contributed by atoms with Crippen LogP contribution in [0.2, 0.25) is 0 Å². The first-order valence-corrected chi connectivity index (χ1v) is 4.89. The molecule has 0 fully saturated rings. The average Bonchev–Trinajstić information content (AvgIpc) is 2.59. The number of carbonyl (C=O) groups is 1. The van der Waals surface area contributed by atoms with Gasteiger partial charge in [0.2, 0.25) is 0 Å². The maximum Gasteiger partial charge on any atom is 0.255 e. The van der Waals surface area contributed by atoms with E-state index >= 15 is 0 Å². The number of nitrogens with one attached hydrogen (secondary N) is 1. The van der Waals surface area contributed by atoms with E-state index in [9.17, 15) is 4.79 Å². The van der Waals surface area contributed by atoms with Gasteiger partial charge in [0.15, 0.2) is 0 Å². The Morgan fingerprint density at radius 2 is 2.07 bits per heavy atom. The highest BCUT2D eigenvalue weighted by Crippen LogP contribution is 2.20. The van der Waals surface area contributed by atoms with Gasteiger partial charge < -0.3 is 9.88 Å². The minimum atomic E-state index is 0.0341. The molecule has 0 unspecified atom stereocenters. The van der Waals surface area contributed by atoms with Crippen molar-refractivity contribution in [3.05, 3.63) is 35.5 Å². The molecule has 1 aromatic heterocycles. The third-order valence-corrected chi connectivity index (χ3v) is 2.47. The fraction of sp³-hybridized carbons (Fsp3) is 0.250. The molecule has 0 aliphatic rings. The molecule has 0 radical (unpaired) electrons. The summed E-state index contributed by atoms with van der Waals surface area (Å²) >= 11 is 0. The van der Waals surface area contributed by atoms with Crippen LogP contribution in [0, 0.1) is 6.92 Å². The molecule has 2 rings (SSSR count). The van der Waals surface area contributed by atoms with Crippen molar-refractivity contribution in [3.8, 4) is 0 Å². The Kier molecular flexibility index (Phi) is 2.23. The zero-order valence-electron chi connectivity index (χ0n) is 9.16. The lowest BCUT2D eigenvalue weighted by molar-refractivity contribution is 0.0829. The maximum atomic E-state index is 11.8. The van der Waals surface area contributed by atoms with Crippen molar-refractivity contribution in [1.29, 1.82) is 0 Å². The normalized spacial score (nSPS) is 10.6. The average molecular weight is 202 g/mol. The van der Waals surface area contributed by atoms with Crippen LogP contribution in [0.5, 0.6) is 0 Å². The van der Waals surface area contributed by atoms with Crippen LogP contribution in [-0.4, -0.2) is 29.9 Å². The van der Waals surface area contributed by atoms with Crippen LogP contribution >= 0.6 is 0 Å². The van der Waals surface area contributed by atoms with Gasteiger partial charge in [-0.05, 0) is 19.1 Å². The summed E-state index contributed by atoms with van der Waals surface area (Å²) < 4.78 is 0. The molecule has 15 heavy (non-hydrogen) atoms. The van der Waals surface area contributed by atoms with Crippen LogP contribution in [0.4, 0.5) is 0 Å². The molecule has 1 heterocycles. The van der Waals surface area contributed by atoms with E-state index < -0.39 is 0 Å². The molecule has 0 aliphatic heterocycles. The van der Waals surface area contributed by atoms with Crippen molar-refractivity contribution in [2.45, 2.75) is 6.92 Å². The van der Waals surface area contributed by atoms with Gasteiger partial charge in [0.1, 0.15) is 0 Å². The number of hydrogen-bond acceptors (Lipinski definition) is 1. The lowest BCUT2D eigenvalue weighted by Gasteiger charge is -2.08. The van der Waals surface area contributed by atoms with E-state index in [0.717, 1.165) is 22.0 Å². The molecule has 0 saturated carbocycles. The Labute approximate surface area is 88.7 Å². The summed E-state index contributed by atoms with van der Waals surface area (Å²) in [5, 5.41) is 0.994. The Bertz CT molecular complexity index is 511. The first-order chi connectivity index (χ1) is 7.09. The van der Waals surface area contributed by atoms with E-state index in [-0.39, 0.29) is 5.91 Å². The van der Waals surface area contributed by atoms with Crippen LogP contribution < -0.4 is 0 Å². The monoisotopic (exact) mass is 202 g/mol. The quantitative estimate of drug-likeness (QED) is 0.756. The predicted molar refractivity (Wildman–Crippen MR) is 61.1 cm³/mol. The third-order valence-electron chi connectivity index (χ3n) is 2.47. The Morgan fingerprint density at radius 3 is 2.73 bits per heavy atom. The molecule has 3 nitrogen and oxygen atoms in total. The van der Waals surface area contributed by atoms with Crippen molar-refractivity contribution in [3.63, 3.8) is 0 Å². The second-order valence-electron chi connectivity index (χ2n) is 3.95. The standard InChI is InChI=1S/C12H14N2O/c1-8-4-5-11-9(6-8)10(7-13-11)12(15)14(2)3/h4-7,13H,1-3H3. The summed E-state index contributed by atoms with van der Waals surface area (Å²) in [6.45, 7) is 2.02.